The molecule has 2 aromatic carbocycles. The lowest BCUT2D eigenvalue weighted by atomic mass is 10.1. The number of halogens is 1. The molecule has 7 nitrogen and oxygen atoms in total. The van der Waals surface area contributed by atoms with Crippen LogP contribution in [-0.2, 0) is 6.42 Å². The molecule has 2 aromatic rings. The Balaban J connectivity index is 2.13. The number of amides is 1. The fourth-order valence-electron chi connectivity index (χ4n) is 2.33. The second kappa shape index (κ2) is 8.65. The third-order valence-corrected chi connectivity index (χ3v) is 4.52. The third-order valence-electron chi connectivity index (χ3n) is 3.58. The van der Waals surface area contributed by atoms with Gasteiger partial charge in [-0.3, -0.25) is 14.9 Å². The van der Waals surface area contributed by atoms with Gasteiger partial charge in [-0.2, -0.15) is 0 Å². The molecule has 0 radical (unpaired) electrons. The first-order chi connectivity index (χ1) is 12.0. The number of rotatable bonds is 7. The summed E-state index contributed by atoms with van der Waals surface area (Å²) in [6.45, 7) is 0.264. The zero-order valence-corrected chi connectivity index (χ0v) is 15.9. The maximum Gasteiger partial charge on any atom is 0.276 e. The topological polar surface area (TPSA) is 90.7 Å². The summed E-state index contributed by atoms with van der Waals surface area (Å²) >= 11 is 2.09. The van der Waals surface area contributed by atoms with Crippen molar-refractivity contribution in [3.8, 4) is 11.5 Å². The van der Waals surface area contributed by atoms with Crippen LogP contribution in [0, 0.1) is 13.7 Å². The second-order valence-electron chi connectivity index (χ2n) is 5.08. The third kappa shape index (κ3) is 4.59. The number of benzene rings is 2. The van der Waals surface area contributed by atoms with E-state index in [4.69, 9.17) is 9.47 Å². The van der Waals surface area contributed by atoms with Gasteiger partial charge in [0.2, 0.25) is 0 Å². The van der Waals surface area contributed by atoms with Crippen LogP contribution in [0.3, 0.4) is 0 Å². The predicted molar refractivity (Wildman–Crippen MR) is 101 cm³/mol. The van der Waals surface area contributed by atoms with Crippen molar-refractivity contribution in [3.63, 3.8) is 0 Å². The molecule has 0 aromatic heterocycles. The summed E-state index contributed by atoms with van der Waals surface area (Å²) in [5.74, 6) is 0.487. The number of hydrogen-bond acceptors (Lipinski definition) is 5. The van der Waals surface area contributed by atoms with Crippen LogP contribution >= 0.6 is 22.6 Å². The summed E-state index contributed by atoms with van der Waals surface area (Å²) in [5, 5.41) is 14.1. The van der Waals surface area contributed by atoms with Crippen LogP contribution in [0.15, 0.2) is 36.4 Å². The molecule has 0 saturated heterocycles. The molecule has 0 bridgehead atoms. The van der Waals surface area contributed by atoms with Gasteiger partial charge < -0.3 is 14.8 Å². The molecular formula is C17H17IN2O5. The largest absolute Gasteiger partial charge is 0.493 e. The molecule has 132 valence electrons. The summed E-state index contributed by atoms with van der Waals surface area (Å²) in [5.41, 5.74) is 0.969. The van der Waals surface area contributed by atoms with Crippen molar-refractivity contribution in [1.82, 2.24) is 5.32 Å². The van der Waals surface area contributed by atoms with Crippen molar-refractivity contribution in [2.45, 2.75) is 6.42 Å². The average molecular weight is 456 g/mol. The van der Waals surface area contributed by atoms with Crippen LogP contribution in [0.1, 0.15) is 15.9 Å². The van der Waals surface area contributed by atoms with E-state index in [1.54, 1.807) is 18.2 Å². The first-order valence-electron chi connectivity index (χ1n) is 7.40. The van der Waals surface area contributed by atoms with E-state index in [1.165, 1.54) is 20.3 Å². The van der Waals surface area contributed by atoms with Gasteiger partial charge in [0.1, 0.15) is 0 Å². The number of hydrogen-bond donors (Lipinski definition) is 1. The molecular weight excluding hydrogens is 439 g/mol. The quantitative estimate of drug-likeness (QED) is 0.393. The molecule has 1 amide bonds. The Bertz CT molecular complexity index is 795. The van der Waals surface area contributed by atoms with E-state index in [0.29, 0.717) is 29.0 Å². The van der Waals surface area contributed by atoms with Crippen LogP contribution < -0.4 is 14.8 Å². The Kier molecular flexibility index (Phi) is 6.57. The monoisotopic (exact) mass is 456 g/mol. The minimum atomic E-state index is -0.473. The molecule has 0 heterocycles. The number of carbonyl (C=O) groups is 1. The van der Waals surface area contributed by atoms with Crippen molar-refractivity contribution in [3.05, 3.63) is 61.2 Å². The summed E-state index contributed by atoms with van der Waals surface area (Å²) in [7, 11) is 2.88. The maximum absolute atomic E-state index is 12.2. The molecule has 0 saturated carbocycles. The van der Waals surface area contributed by atoms with Crippen molar-refractivity contribution in [1.29, 1.82) is 0 Å². The zero-order valence-electron chi connectivity index (χ0n) is 13.7. The van der Waals surface area contributed by atoms with Gasteiger partial charge in [-0.15, -0.1) is 0 Å². The molecule has 0 aliphatic rings. The second-order valence-corrected chi connectivity index (χ2v) is 6.24. The lowest BCUT2D eigenvalue weighted by molar-refractivity contribution is -0.385. The zero-order chi connectivity index (χ0) is 18.4. The summed E-state index contributed by atoms with van der Waals surface area (Å²) in [6, 6.07) is 10.1. The highest BCUT2D eigenvalue weighted by atomic mass is 127. The number of methoxy groups -OCH3 is 2. The number of nitrogens with zero attached hydrogens (tertiary/aromatic N) is 1. The van der Waals surface area contributed by atoms with E-state index in [9.17, 15) is 14.9 Å². The van der Waals surface area contributed by atoms with Crippen LogP contribution in [0.25, 0.3) is 0 Å². The molecule has 8 heteroatoms. The number of nitrogens with one attached hydrogen (secondary N) is 1. The number of carbonyl (C=O) groups excluding carboxylic acids is 1. The van der Waals surface area contributed by atoms with E-state index in [1.807, 2.05) is 12.1 Å². The van der Waals surface area contributed by atoms with Gasteiger partial charge in [-0.25, -0.2) is 0 Å². The van der Waals surface area contributed by atoms with Gasteiger partial charge in [-0.1, -0.05) is 12.1 Å². The van der Waals surface area contributed by atoms with E-state index in [-0.39, 0.29) is 18.1 Å². The lowest BCUT2D eigenvalue weighted by Crippen LogP contribution is -2.26. The van der Waals surface area contributed by atoms with E-state index in [0.717, 1.165) is 3.57 Å². The van der Waals surface area contributed by atoms with Crippen molar-refractivity contribution >= 4 is 34.2 Å². The number of ether oxygens (including phenoxy) is 2. The standard InChI is InChI=1S/C17H17IN2O5/c1-24-15-9-11(14(20(22)23)10-16(15)25-2)7-8-19-17(21)12-5-3-4-6-13(12)18/h3-6,9-10H,7-8H2,1-2H3,(H,19,21). The fraction of sp³-hybridized carbons (Fsp3) is 0.235. The van der Waals surface area contributed by atoms with E-state index >= 15 is 0 Å². The van der Waals surface area contributed by atoms with Crippen molar-refractivity contribution in [2.24, 2.45) is 0 Å². The summed E-state index contributed by atoms with van der Waals surface area (Å²) in [6.07, 6.45) is 0.297. The first-order valence-corrected chi connectivity index (χ1v) is 8.47. The normalized spacial score (nSPS) is 10.2. The summed E-state index contributed by atoms with van der Waals surface area (Å²) in [4.78, 5) is 23.0. The molecule has 0 aliphatic carbocycles. The minimum absolute atomic E-state index is 0.0683. The van der Waals surface area contributed by atoms with Crippen molar-refractivity contribution < 1.29 is 19.2 Å². The van der Waals surface area contributed by atoms with Gasteiger partial charge in [0.15, 0.2) is 11.5 Å². The Hall–Kier alpha value is -2.36. The Morgan fingerprint density at radius 2 is 1.84 bits per heavy atom. The highest BCUT2D eigenvalue weighted by Gasteiger charge is 2.19. The van der Waals surface area contributed by atoms with Crippen molar-refractivity contribution in [2.75, 3.05) is 20.8 Å². The Morgan fingerprint density at radius 1 is 1.20 bits per heavy atom. The highest BCUT2D eigenvalue weighted by Crippen LogP contribution is 2.34. The molecule has 0 unspecified atom stereocenters. The SMILES string of the molecule is COc1cc(CCNC(=O)c2ccccc2I)c([N+](=O)[O-])cc1OC. The molecule has 1 N–H and O–H groups in total. The molecule has 2 rings (SSSR count). The predicted octanol–water partition coefficient (Wildman–Crippen LogP) is 3.19. The van der Waals surface area contributed by atoms with Crippen LogP contribution in [-0.4, -0.2) is 31.6 Å². The van der Waals surface area contributed by atoms with Crippen LogP contribution in [0.4, 0.5) is 5.69 Å². The Morgan fingerprint density at radius 3 is 2.44 bits per heavy atom. The van der Waals surface area contributed by atoms with Gasteiger partial charge in [0.25, 0.3) is 11.6 Å². The highest BCUT2D eigenvalue weighted by molar-refractivity contribution is 14.1. The smallest absolute Gasteiger partial charge is 0.276 e. The first kappa shape index (κ1) is 19.0. The molecule has 0 fully saturated rings. The molecule has 0 spiro atoms. The minimum Gasteiger partial charge on any atom is -0.493 e. The molecule has 0 aliphatic heterocycles. The average Bonchev–Trinajstić information content (AvgIpc) is 2.61. The Labute approximate surface area is 158 Å². The molecule has 25 heavy (non-hydrogen) atoms. The van der Waals surface area contributed by atoms with Gasteiger partial charge in [-0.05, 0) is 47.2 Å². The van der Waals surface area contributed by atoms with Crippen LogP contribution in [0.5, 0.6) is 11.5 Å². The van der Waals surface area contributed by atoms with E-state index < -0.39 is 4.92 Å². The fourth-order valence-corrected chi connectivity index (χ4v) is 2.96. The maximum atomic E-state index is 12.2. The summed E-state index contributed by atoms with van der Waals surface area (Å²) < 4.78 is 11.1. The van der Waals surface area contributed by atoms with E-state index in [2.05, 4.69) is 27.9 Å². The van der Waals surface area contributed by atoms with Gasteiger partial charge in [0, 0.05) is 15.7 Å². The number of nitro groups is 1. The van der Waals surface area contributed by atoms with Gasteiger partial charge in [0.05, 0.1) is 30.8 Å². The number of nitro benzene ring substituents is 1. The van der Waals surface area contributed by atoms with Crippen LogP contribution in [0.2, 0.25) is 0 Å². The molecule has 0 atom stereocenters. The lowest BCUT2D eigenvalue weighted by Gasteiger charge is -2.11. The van der Waals surface area contributed by atoms with Gasteiger partial charge >= 0.3 is 0 Å².